The van der Waals surface area contributed by atoms with Gasteiger partial charge in [-0.25, -0.2) is 9.97 Å². The van der Waals surface area contributed by atoms with Gasteiger partial charge in [-0.1, -0.05) is 127 Å². The molecule has 0 aliphatic rings. The maximum absolute atomic E-state index is 5.12. The minimum atomic E-state index is 0.677. The summed E-state index contributed by atoms with van der Waals surface area (Å²) in [6, 6.07) is 68.3. The first-order valence-corrected chi connectivity index (χ1v) is 18.9. The highest BCUT2D eigenvalue weighted by Gasteiger charge is 2.18. The Morgan fingerprint density at radius 3 is 1.66 bits per heavy atom. The smallest absolute Gasteiger partial charge is 0.160 e. The predicted molar refractivity (Wildman–Crippen MR) is 230 cm³/mol. The minimum Gasteiger partial charge on any atom is -0.309 e. The van der Waals surface area contributed by atoms with Crippen LogP contribution in [0.5, 0.6) is 0 Å². The van der Waals surface area contributed by atoms with E-state index < -0.39 is 0 Å². The summed E-state index contributed by atoms with van der Waals surface area (Å²) in [5.41, 5.74) is 14.7. The lowest BCUT2D eigenvalue weighted by molar-refractivity contribution is 1.15. The van der Waals surface area contributed by atoms with E-state index in [1.165, 1.54) is 21.8 Å². The molecule has 11 rings (SSSR count). The van der Waals surface area contributed by atoms with Crippen molar-refractivity contribution in [3.8, 4) is 56.4 Å². The summed E-state index contributed by atoms with van der Waals surface area (Å²) < 4.78 is 4.68. The fourth-order valence-corrected chi connectivity index (χ4v) is 8.17. The Bertz CT molecular complexity index is 3180. The topological polar surface area (TPSA) is 48.5 Å². The number of pyridine rings is 1. The average Bonchev–Trinajstić information content (AvgIpc) is 3.79. The first-order valence-electron chi connectivity index (χ1n) is 18.9. The van der Waals surface area contributed by atoms with Crippen LogP contribution in [0.4, 0.5) is 0 Å². The lowest BCUT2D eigenvalue weighted by atomic mass is 10.0. The minimum absolute atomic E-state index is 0.677. The number of para-hydroxylation sites is 2. The van der Waals surface area contributed by atoms with Gasteiger partial charge in [-0.15, -0.1) is 0 Å². The molecular weight excluding hydrogens is 683 g/mol. The average molecular weight is 716 g/mol. The first kappa shape index (κ1) is 31.9. The fraction of sp³-hybridized carbons (Fsp3) is 0. The molecule has 0 fully saturated rings. The molecule has 4 aromatic heterocycles. The van der Waals surface area contributed by atoms with E-state index in [1.54, 1.807) is 0 Å². The van der Waals surface area contributed by atoms with Gasteiger partial charge in [0.2, 0.25) is 0 Å². The molecule has 262 valence electrons. The Hall–Kier alpha value is -7.63. The first-order chi connectivity index (χ1) is 27.8. The Labute approximate surface area is 323 Å². The van der Waals surface area contributed by atoms with Crippen molar-refractivity contribution in [1.82, 2.24) is 24.1 Å². The van der Waals surface area contributed by atoms with Gasteiger partial charge in [-0.05, 0) is 77.9 Å². The largest absolute Gasteiger partial charge is 0.309 e. The molecule has 4 heterocycles. The van der Waals surface area contributed by atoms with Gasteiger partial charge < -0.3 is 9.13 Å². The second-order valence-corrected chi connectivity index (χ2v) is 14.1. The van der Waals surface area contributed by atoms with E-state index in [4.69, 9.17) is 15.0 Å². The molecule has 0 aliphatic carbocycles. The molecular formula is C51H33N5. The van der Waals surface area contributed by atoms with Gasteiger partial charge in [0.25, 0.3) is 0 Å². The van der Waals surface area contributed by atoms with Crippen LogP contribution < -0.4 is 0 Å². The summed E-state index contributed by atoms with van der Waals surface area (Å²) in [6.07, 6.45) is 1.88. The zero-order chi connectivity index (χ0) is 37.0. The zero-order valence-electron chi connectivity index (χ0n) is 30.3. The third-order valence-electron chi connectivity index (χ3n) is 10.8. The molecule has 0 bridgehead atoms. The molecule has 0 radical (unpaired) electrons. The summed E-state index contributed by atoms with van der Waals surface area (Å²) in [5, 5.41) is 3.58. The van der Waals surface area contributed by atoms with Crippen LogP contribution in [0.15, 0.2) is 200 Å². The van der Waals surface area contributed by atoms with Gasteiger partial charge in [-0.2, -0.15) is 0 Å². The number of hydrogen-bond donors (Lipinski definition) is 0. The third-order valence-corrected chi connectivity index (χ3v) is 10.8. The number of benzene rings is 7. The van der Waals surface area contributed by atoms with Crippen molar-refractivity contribution in [1.29, 1.82) is 0 Å². The van der Waals surface area contributed by atoms with Gasteiger partial charge >= 0.3 is 0 Å². The van der Waals surface area contributed by atoms with E-state index in [0.29, 0.717) is 5.82 Å². The highest BCUT2D eigenvalue weighted by atomic mass is 15.0. The van der Waals surface area contributed by atoms with Crippen molar-refractivity contribution < 1.29 is 0 Å². The summed E-state index contributed by atoms with van der Waals surface area (Å²) in [4.78, 5) is 15.2. The van der Waals surface area contributed by atoms with Crippen LogP contribution in [0.2, 0.25) is 0 Å². The molecule has 5 nitrogen and oxygen atoms in total. The molecule has 11 aromatic rings. The summed E-state index contributed by atoms with van der Waals surface area (Å²) >= 11 is 0. The van der Waals surface area contributed by atoms with E-state index in [1.807, 2.05) is 48.7 Å². The van der Waals surface area contributed by atoms with Gasteiger partial charge in [0, 0.05) is 50.4 Å². The molecule has 7 aromatic carbocycles. The van der Waals surface area contributed by atoms with Crippen LogP contribution in [0.1, 0.15) is 0 Å². The van der Waals surface area contributed by atoms with Crippen molar-refractivity contribution >= 4 is 43.7 Å². The number of fused-ring (bicyclic) bond motifs is 6. The molecule has 0 saturated carbocycles. The highest BCUT2D eigenvalue weighted by molar-refractivity contribution is 6.11. The van der Waals surface area contributed by atoms with Crippen LogP contribution in [-0.2, 0) is 0 Å². The van der Waals surface area contributed by atoms with E-state index in [9.17, 15) is 0 Å². The van der Waals surface area contributed by atoms with Crippen LogP contribution in [0.25, 0.3) is 100 Å². The van der Waals surface area contributed by atoms with Gasteiger partial charge in [0.15, 0.2) is 5.82 Å². The molecule has 0 spiro atoms. The van der Waals surface area contributed by atoms with E-state index in [2.05, 4.69) is 161 Å². The molecule has 5 heteroatoms. The Balaban J connectivity index is 1.06. The van der Waals surface area contributed by atoms with Crippen LogP contribution in [-0.4, -0.2) is 24.1 Å². The third kappa shape index (κ3) is 5.29. The van der Waals surface area contributed by atoms with Gasteiger partial charge in [0.05, 0.1) is 39.0 Å². The quantitative estimate of drug-likeness (QED) is 0.172. The van der Waals surface area contributed by atoms with Crippen molar-refractivity contribution in [2.75, 3.05) is 0 Å². The Kier molecular flexibility index (Phi) is 7.42. The molecule has 0 N–H and O–H groups in total. The molecule has 56 heavy (non-hydrogen) atoms. The lowest BCUT2D eigenvalue weighted by Crippen LogP contribution is -1.98. The number of rotatable bonds is 6. The van der Waals surface area contributed by atoms with Crippen molar-refractivity contribution in [3.63, 3.8) is 0 Å². The Morgan fingerprint density at radius 2 is 0.893 bits per heavy atom. The summed E-state index contributed by atoms with van der Waals surface area (Å²) in [7, 11) is 0. The summed E-state index contributed by atoms with van der Waals surface area (Å²) in [5.74, 6) is 0.677. The maximum atomic E-state index is 5.12. The Morgan fingerprint density at radius 1 is 0.321 bits per heavy atom. The number of nitrogens with zero attached hydrogens (tertiary/aromatic N) is 5. The van der Waals surface area contributed by atoms with Crippen molar-refractivity contribution in [3.05, 3.63) is 200 Å². The van der Waals surface area contributed by atoms with Gasteiger partial charge in [-0.3, -0.25) is 4.98 Å². The summed E-state index contributed by atoms with van der Waals surface area (Å²) in [6.45, 7) is 0. The van der Waals surface area contributed by atoms with E-state index in [0.717, 1.165) is 72.5 Å². The number of aromatic nitrogens is 5. The monoisotopic (exact) mass is 715 g/mol. The standard InChI is InChI=1S/C51H33N5/c1-4-14-34(15-5-1)44-33-45(35-16-6-2-7-17-35)54-51(53-44)38-18-12-21-40(30-38)56-47-28-26-36(31-43(47)50-48(56)24-13-29-52-50)37-25-27-42-41-22-10-11-23-46(41)55(49(42)32-37)39-19-8-3-9-20-39/h1-33H. The zero-order valence-corrected chi connectivity index (χ0v) is 30.3. The second-order valence-electron chi connectivity index (χ2n) is 14.1. The van der Waals surface area contributed by atoms with Crippen molar-refractivity contribution in [2.45, 2.75) is 0 Å². The van der Waals surface area contributed by atoms with E-state index >= 15 is 0 Å². The normalized spacial score (nSPS) is 11.6. The second kappa shape index (κ2) is 13.0. The van der Waals surface area contributed by atoms with Crippen molar-refractivity contribution in [2.24, 2.45) is 0 Å². The lowest BCUT2D eigenvalue weighted by Gasteiger charge is -2.12. The fourth-order valence-electron chi connectivity index (χ4n) is 8.17. The SMILES string of the molecule is c1ccc(-c2cc(-c3ccccc3)nc(-c3cccc(-n4c5ccc(-c6ccc7c8ccccc8n(-c8ccccc8)c7c6)cc5c5ncccc54)c3)n2)cc1. The van der Waals surface area contributed by atoms with Crippen LogP contribution in [0.3, 0.4) is 0 Å². The molecule has 0 amide bonds. The van der Waals surface area contributed by atoms with Gasteiger partial charge in [0.1, 0.15) is 0 Å². The maximum Gasteiger partial charge on any atom is 0.160 e. The highest BCUT2D eigenvalue weighted by Crippen LogP contribution is 2.38. The molecule has 0 atom stereocenters. The molecule has 0 aliphatic heterocycles. The predicted octanol–water partition coefficient (Wildman–Crippen LogP) is 12.7. The number of hydrogen-bond acceptors (Lipinski definition) is 3. The van der Waals surface area contributed by atoms with Crippen LogP contribution in [0, 0.1) is 0 Å². The van der Waals surface area contributed by atoms with E-state index in [-0.39, 0.29) is 0 Å². The molecule has 0 unspecified atom stereocenters. The van der Waals surface area contributed by atoms with Crippen LogP contribution >= 0.6 is 0 Å². The molecule has 0 saturated heterocycles.